The number of carbonyl (C=O) groups excluding carboxylic acids is 4. The standard InChI is InChI=1S/C40H56N6O6S/c1-7-26-21-40(26,35(50)45-53(51,52)28-16-11-15-25-17-20-42-30(25)28)44-32(47)27-22-39(37(5,6)38(39)18-12-19-38)23-46(27)34(49)31(36(2,3)4)43-33(48)29(41)24-13-9-8-10-14-24/h7,11,15-17,20,24,26-27,29,31,42H,1,8-10,12-14,18-19,21-23,41H2,2-6H3,(H,43,48)(H,44,47)(H,45,50)/t26-,27+,29+,31-,39-,40-/m1/s1. The number of nitrogens with one attached hydrogen (secondary N) is 4. The number of amides is 4. The first-order chi connectivity index (χ1) is 24.9. The molecule has 7 rings (SSSR count). The molecule has 5 aliphatic rings. The fraction of sp³-hybridized carbons (Fsp3) is 0.650. The van der Waals surface area contributed by atoms with Gasteiger partial charge in [0, 0.05) is 29.5 Å². The van der Waals surface area contributed by atoms with Crippen LogP contribution < -0.4 is 21.1 Å². The number of H-pyrrole nitrogens is 1. The molecule has 6 atom stereocenters. The molecule has 13 heteroatoms. The number of likely N-dealkylation sites (tertiary alicyclic amines) is 1. The predicted octanol–water partition coefficient (Wildman–Crippen LogP) is 4.27. The summed E-state index contributed by atoms with van der Waals surface area (Å²) in [6.07, 6.45) is 11.8. The van der Waals surface area contributed by atoms with Crippen molar-refractivity contribution in [2.75, 3.05) is 6.54 Å². The van der Waals surface area contributed by atoms with Crippen LogP contribution in [0.25, 0.3) is 10.9 Å². The minimum atomic E-state index is -4.33. The molecule has 1 aromatic heterocycles. The highest BCUT2D eigenvalue weighted by Crippen LogP contribution is 2.88. The molecule has 0 radical (unpaired) electrons. The summed E-state index contributed by atoms with van der Waals surface area (Å²) in [5.74, 6) is -2.55. The SMILES string of the molecule is C=C[C@@H]1C[C@]1(NC(=O)[C@@H]1C[C@@]2(CN1C(=O)[C@@H](NC(=O)[C@@H](N)C1CCCCC1)C(C)(C)C)C(C)(C)C21CCC1)C(=O)NS(=O)(=O)c1cccc2cc[nH]c12. The Morgan fingerprint density at radius 1 is 1.02 bits per heavy atom. The summed E-state index contributed by atoms with van der Waals surface area (Å²) in [5.41, 5.74) is 4.18. The second-order valence-electron chi connectivity index (χ2n) is 18.2. The van der Waals surface area contributed by atoms with Crippen molar-refractivity contribution in [3.8, 4) is 0 Å². The van der Waals surface area contributed by atoms with Crippen LogP contribution in [0.2, 0.25) is 0 Å². The van der Waals surface area contributed by atoms with Crippen molar-refractivity contribution < 1.29 is 27.6 Å². The highest BCUT2D eigenvalue weighted by atomic mass is 32.2. The molecule has 6 N–H and O–H groups in total. The molecular weight excluding hydrogens is 693 g/mol. The predicted molar refractivity (Wildman–Crippen MR) is 201 cm³/mol. The van der Waals surface area contributed by atoms with Crippen molar-refractivity contribution in [3.63, 3.8) is 0 Å². The molecule has 2 spiro atoms. The van der Waals surface area contributed by atoms with Crippen molar-refractivity contribution in [3.05, 3.63) is 43.1 Å². The monoisotopic (exact) mass is 748 g/mol. The number of fused-ring (bicyclic) bond motifs is 2. The Bertz CT molecular complexity index is 1960. The normalized spacial score (nSPS) is 30.0. The van der Waals surface area contributed by atoms with Crippen LogP contribution in [-0.2, 0) is 29.2 Å². The molecule has 1 aromatic carbocycles. The maximum atomic E-state index is 14.9. The fourth-order valence-corrected chi connectivity index (χ4v) is 11.9. The number of benzene rings is 1. The lowest BCUT2D eigenvalue weighted by molar-refractivity contribution is -0.145. The lowest BCUT2D eigenvalue weighted by Crippen LogP contribution is -2.61. The Balaban J connectivity index is 1.16. The molecule has 2 aromatic rings. The molecule has 0 bridgehead atoms. The number of nitrogens with zero attached hydrogens (tertiary/aromatic N) is 1. The summed E-state index contributed by atoms with van der Waals surface area (Å²) in [4.78, 5) is 61.6. The minimum Gasteiger partial charge on any atom is -0.360 e. The Hall–Kier alpha value is -3.71. The van der Waals surface area contributed by atoms with E-state index in [-0.39, 0.29) is 45.3 Å². The van der Waals surface area contributed by atoms with Gasteiger partial charge in [0.15, 0.2) is 0 Å². The van der Waals surface area contributed by atoms with Crippen molar-refractivity contribution in [2.24, 2.45) is 39.2 Å². The maximum Gasteiger partial charge on any atom is 0.266 e. The summed E-state index contributed by atoms with van der Waals surface area (Å²) in [6.45, 7) is 14.3. The topological polar surface area (TPSA) is 184 Å². The number of hydrogen-bond donors (Lipinski definition) is 5. The van der Waals surface area contributed by atoms with Crippen LogP contribution in [0, 0.1) is 33.5 Å². The highest BCUT2D eigenvalue weighted by molar-refractivity contribution is 7.90. The molecule has 1 saturated heterocycles. The van der Waals surface area contributed by atoms with Crippen LogP contribution in [0.3, 0.4) is 0 Å². The van der Waals surface area contributed by atoms with Crippen LogP contribution in [0.1, 0.15) is 98.8 Å². The van der Waals surface area contributed by atoms with E-state index in [0.29, 0.717) is 23.9 Å². The average molecular weight is 749 g/mol. The lowest BCUT2D eigenvalue weighted by atomic mass is 9.73. The number of carbonyl (C=O) groups is 4. The molecular formula is C40H56N6O6S. The molecule has 4 amide bonds. The van der Waals surface area contributed by atoms with Crippen molar-refractivity contribution >= 4 is 44.6 Å². The number of sulfonamides is 1. The van der Waals surface area contributed by atoms with Crippen molar-refractivity contribution in [1.29, 1.82) is 0 Å². The summed E-state index contributed by atoms with van der Waals surface area (Å²) in [6, 6.07) is 3.90. The molecule has 1 aliphatic heterocycles. The summed E-state index contributed by atoms with van der Waals surface area (Å²) in [7, 11) is -4.33. The third-order valence-corrected chi connectivity index (χ3v) is 15.7. The zero-order valence-electron chi connectivity index (χ0n) is 31.7. The Kier molecular flexibility index (Phi) is 8.99. The Morgan fingerprint density at radius 2 is 1.72 bits per heavy atom. The number of nitrogens with two attached hydrogens (primary N) is 1. The summed E-state index contributed by atoms with van der Waals surface area (Å²) < 4.78 is 29.4. The van der Waals surface area contributed by atoms with Crippen LogP contribution >= 0.6 is 0 Å². The van der Waals surface area contributed by atoms with Gasteiger partial charge in [-0.25, -0.2) is 13.1 Å². The number of aromatic amines is 1. The highest BCUT2D eigenvalue weighted by Gasteiger charge is 2.85. The van der Waals surface area contributed by atoms with E-state index in [1.807, 2.05) is 20.8 Å². The van der Waals surface area contributed by atoms with Crippen LogP contribution in [-0.4, -0.2) is 72.1 Å². The molecule has 53 heavy (non-hydrogen) atoms. The first kappa shape index (κ1) is 37.6. The van der Waals surface area contributed by atoms with Crippen LogP contribution in [0.5, 0.6) is 0 Å². The first-order valence-electron chi connectivity index (χ1n) is 19.3. The molecule has 0 unspecified atom stereocenters. The molecule has 12 nitrogen and oxygen atoms in total. The van der Waals surface area contributed by atoms with Gasteiger partial charge in [0.2, 0.25) is 17.7 Å². The summed E-state index contributed by atoms with van der Waals surface area (Å²) >= 11 is 0. The van der Waals surface area contributed by atoms with E-state index >= 15 is 0 Å². The van der Waals surface area contributed by atoms with Crippen LogP contribution in [0.4, 0.5) is 0 Å². The number of hydrogen-bond acceptors (Lipinski definition) is 7. The van der Waals surface area contributed by atoms with Gasteiger partial charge < -0.3 is 26.3 Å². The van der Waals surface area contributed by atoms with E-state index in [9.17, 15) is 27.6 Å². The molecule has 2 heterocycles. The number of aromatic nitrogens is 1. The Labute approximate surface area is 312 Å². The first-order valence-corrected chi connectivity index (χ1v) is 20.8. The molecule has 5 fully saturated rings. The quantitative estimate of drug-likeness (QED) is 0.225. The fourth-order valence-electron chi connectivity index (χ4n) is 10.7. The lowest BCUT2D eigenvalue weighted by Gasteiger charge is -2.37. The van der Waals surface area contributed by atoms with E-state index < -0.39 is 56.8 Å². The van der Waals surface area contributed by atoms with Gasteiger partial charge in [0.25, 0.3) is 15.9 Å². The maximum absolute atomic E-state index is 14.9. The average Bonchev–Trinajstić information content (AvgIpc) is 3.60. The van der Waals surface area contributed by atoms with Crippen molar-refractivity contribution in [1.82, 2.24) is 25.2 Å². The largest absolute Gasteiger partial charge is 0.360 e. The van der Waals surface area contributed by atoms with E-state index in [4.69, 9.17) is 5.73 Å². The number of para-hydroxylation sites is 1. The zero-order chi connectivity index (χ0) is 38.4. The van der Waals surface area contributed by atoms with Gasteiger partial charge in [-0.2, -0.15) is 0 Å². The molecule has 4 aliphatic carbocycles. The van der Waals surface area contributed by atoms with Gasteiger partial charge in [-0.15, -0.1) is 6.58 Å². The van der Waals surface area contributed by atoms with Gasteiger partial charge >= 0.3 is 0 Å². The minimum absolute atomic E-state index is 0.00256. The molecule has 288 valence electrons. The van der Waals surface area contributed by atoms with Gasteiger partial charge in [0.1, 0.15) is 22.5 Å². The third kappa shape index (κ3) is 5.74. The van der Waals surface area contributed by atoms with E-state index in [2.05, 4.69) is 40.8 Å². The van der Waals surface area contributed by atoms with Gasteiger partial charge in [-0.1, -0.05) is 78.5 Å². The molecule has 4 saturated carbocycles. The zero-order valence-corrected chi connectivity index (χ0v) is 32.5. The summed E-state index contributed by atoms with van der Waals surface area (Å²) in [5, 5.41) is 6.64. The van der Waals surface area contributed by atoms with E-state index in [0.717, 1.165) is 51.4 Å². The van der Waals surface area contributed by atoms with Gasteiger partial charge in [0.05, 0.1) is 11.6 Å². The van der Waals surface area contributed by atoms with Gasteiger partial charge in [-0.3, -0.25) is 19.2 Å². The van der Waals surface area contributed by atoms with E-state index in [1.165, 1.54) is 6.07 Å². The van der Waals surface area contributed by atoms with Crippen molar-refractivity contribution in [2.45, 2.75) is 127 Å². The van der Waals surface area contributed by atoms with Crippen LogP contribution in [0.15, 0.2) is 48.0 Å². The second kappa shape index (κ2) is 12.7. The second-order valence-corrected chi connectivity index (χ2v) is 19.9. The number of rotatable bonds is 10. The van der Waals surface area contributed by atoms with E-state index in [1.54, 1.807) is 35.4 Å². The smallest absolute Gasteiger partial charge is 0.266 e. The Morgan fingerprint density at radius 3 is 2.30 bits per heavy atom. The van der Waals surface area contributed by atoms with Gasteiger partial charge in [-0.05, 0) is 72.8 Å². The third-order valence-electron chi connectivity index (χ3n) is 14.4.